The number of methoxy groups -OCH3 is 1. The summed E-state index contributed by atoms with van der Waals surface area (Å²) in [6.45, 7) is 0. The molecule has 1 rings (SSSR count). The van der Waals surface area contributed by atoms with Gasteiger partial charge in [-0.15, -0.1) is 11.8 Å². The topological polar surface area (TPSA) is 45.9 Å². The van der Waals surface area contributed by atoms with Crippen LogP contribution in [0.1, 0.15) is 5.56 Å². The molecule has 12 heavy (non-hydrogen) atoms. The first kappa shape index (κ1) is 8.88. The first-order valence-corrected chi connectivity index (χ1v) is 4.52. The fourth-order valence-electron chi connectivity index (χ4n) is 0.783. The molecule has 0 unspecified atom stereocenters. The maximum absolute atomic E-state index is 8.67. The fourth-order valence-corrected chi connectivity index (χ4v) is 1.32. The third-order valence-electron chi connectivity index (χ3n) is 1.39. The Balaban J connectivity index is 3.13. The molecule has 3 nitrogen and oxygen atoms in total. The Kier molecular flexibility index (Phi) is 2.94. The van der Waals surface area contributed by atoms with Crippen molar-refractivity contribution < 1.29 is 4.74 Å². The van der Waals surface area contributed by atoms with Gasteiger partial charge >= 0.3 is 0 Å². The highest BCUT2D eigenvalue weighted by atomic mass is 32.2. The van der Waals surface area contributed by atoms with Gasteiger partial charge in [0.05, 0.1) is 12.7 Å². The monoisotopic (exact) mass is 180 g/mol. The van der Waals surface area contributed by atoms with Crippen LogP contribution in [0.25, 0.3) is 0 Å². The average molecular weight is 180 g/mol. The van der Waals surface area contributed by atoms with E-state index in [1.54, 1.807) is 13.2 Å². The Labute approximate surface area is 75.4 Å². The first-order chi connectivity index (χ1) is 5.81. The van der Waals surface area contributed by atoms with Crippen molar-refractivity contribution in [1.29, 1.82) is 5.26 Å². The smallest absolute Gasteiger partial charge is 0.214 e. The number of hydrogen-bond donors (Lipinski definition) is 0. The van der Waals surface area contributed by atoms with Gasteiger partial charge in [-0.25, -0.2) is 4.98 Å². The van der Waals surface area contributed by atoms with E-state index in [2.05, 4.69) is 11.1 Å². The molecule has 4 heteroatoms. The molecule has 1 aromatic rings. The molecular formula is C8H8N2OS. The lowest BCUT2D eigenvalue weighted by molar-refractivity contribution is 0.396. The summed E-state index contributed by atoms with van der Waals surface area (Å²) in [5.41, 5.74) is 0.586. The Morgan fingerprint density at radius 3 is 2.92 bits per heavy atom. The van der Waals surface area contributed by atoms with Crippen LogP contribution in [-0.4, -0.2) is 18.3 Å². The highest BCUT2D eigenvalue weighted by Gasteiger charge is 2.02. The average Bonchev–Trinajstić information content (AvgIpc) is 2.16. The van der Waals surface area contributed by atoms with Crippen LogP contribution in [0, 0.1) is 11.3 Å². The number of nitrogens with zero attached hydrogens (tertiary/aromatic N) is 2. The zero-order valence-electron chi connectivity index (χ0n) is 6.87. The summed E-state index contributed by atoms with van der Waals surface area (Å²) in [4.78, 5) is 4.81. The second-order valence-electron chi connectivity index (χ2n) is 2.04. The minimum absolute atomic E-state index is 0.540. The Bertz CT molecular complexity index is 319. The summed E-state index contributed by atoms with van der Waals surface area (Å²) in [7, 11) is 1.55. The molecule has 0 spiro atoms. The van der Waals surface area contributed by atoms with Crippen molar-refractivity contribution in [3.63, 3.8) is 0 Å². The van der Waals surface area contributed by atoms with E-state index >= 15 is 0 Å². The van der Waals surface area contributed by atoms with Crippen molar-refractivity contribution in [3.05, 3.63) is 17.8 Å². The molecule has 0 aliphatic carbocycles. The number of thioether (sulfide) groups is 1. The third-order valence-corrected chi connectivity index (χ3v) is 2.17. The van der Waals surface area contributed by atoms with E-state index in [9.17, 15) is 0 Å². The predicted molar refractivity (Wildman–Crippen MR) is 47.3 cm³/mol. The lowest BCUT2D eigenvalue weighted by Gasteiger charge is -2.01. The number of nitriles is 1. The molecule has 0 aliphatic rings. The van der Waals surface area contributed by atoms with Gasteiger partial charge in [-0.05, 0) is 6.26 Å². The molecule has 0 N–H and O–H groups in total. The Morgan fingerprint density at radius 2 is 2.42 bits per heavy atom. The van der Waals surface area contributed by atoms with Crippen LogP contribution in [0.15, 0.2) is 17.2 Å². The lowest BCUT2D eigenvalue weighted by Crippen LogP contribution is -1.89. The van der Waals surface area contributed by atoms with Gasteiger partial charge in [-0.2, -0.15) is 5.26 Å². The molecule has 62 valence electrons. The Morgan fingerprint density at radius 1 is 1.67 bits per heavy atom. The van der Waals surface area contributed by atoms with Crippen molar-refractivity contribution in [1.82, 2.24) is 4.98 Å². The highest BCUT2D eigenvalue weighted by Crippen LogP contribution is 2.22. The van der Waals surface area contributed by atoms with E-state index in [-0.39, 0.29) is 0 Å². The van der Waals surface area contributed by atoms with Crippen LogP contribution in [0.5, 0.6) is 5.88 Å². The zero-order chi connectivity index (χ0) is 8.97. The standard InChI is InChI=1S/C8H8N2OS/c1-11-8-3-7(12-2)6(4-9)5-10-8/h3,5H,1-2H3. The van der Waals surface area contributed by atoms with Crippen LogP contribution in [0.2, 0.25) is 0 Å². The maximum atomic E-state index is 8.67. The number of pyridine rings is 1. The van der Waals surface area contributed by atoms with Crippen LogP contribution < -0.4 is 4.74 Å². The summed E-state index contributed by atoms with van der Waals surface area (Å²) in [5.74, 6) is 0.540. The van der Waals surface area contributed by atoms with Gasteiger partial charge in [-0.3, -0.25) is 0 Å². The molecular weight excluding hydrogens is 172 g/mol. The van der Waals surface area contributed by atoms with Gasteiger partial charge in [0.15, 0.2) is 0 Å². The van der Waals surface area contributed by atoms with E-state index in [1.807, 2.05) is 6.26 Å². The molecule has 1 aromatic heterocycles. The van der Waals surface area contributed by atoms with Crippen LogP contribution in [-0.2, 0) is 0 Å². The van der Waals surface area contributed by atoms with E-state index in [0.29, 0.717) is 11.4 Å². The number of ether oxygens (including phenoxy) is 1. The molecule has 0 amide bonds. The number of rotatable bonds is 2. The van der Waals surface area contributed by atoms with Gasteiger partial charge in [0.25, 0.3) is 0 Å². The predicted octanol–water partition coefficient (Wildman–Crippen LogP) is 1.68. The van der Waals surface area contributed by atoms with E-state index < -0.39 is 0 Å². The van der Waals surface area contributed by atoms with E-state index in [1.165, 1.54) is 18.0 Å². The van der Waals surface area contributed by atoms with Crippen molar-refractivity contribution in [3.8, 4) is 11.9 Å². The fraction of sp³-hybridized carbons (Fsp3) is 0.250. The van der Waals surface area contributed by atoms with E-state index in [4.69, 9.17) is 10.00 Å². The molecule has 0 bridgehead atoms. The molecule has 0 saturated carbocycles. The SMILES string of the molecule is COc1cc(SC)c(C#N)cn1. The second-order valence-corrected chi connectivity index (χ2v) is 2.89. The van der Waals surface area contributed by atoms with Gasteiger partial charge in [0, 0.05) is 17.2 Å². The quantitative estimate of drug-likeness (QED) is 0.650. The number of hydrogen-bond acceptors (Lipinski definition) is 4. The minimum atomic E-state index is 0.540. The molecule has 0 fully saturated rings. The van der Waals surface area contributed by atoms with Crippen molar-refractivity contribution in [2.24, 2.45) is 0 Å². The third kappa shape index (κ3) is 1.69. The molecule has 0 atom stereocenters. The normalized spacial score (nSPS) is 9.08. The maximum Gasteiger partial charge on any atom is 0.214 e. The van der Waals surface area contributed by atoms with Crippen molar-refractivity contribution in [2.75, 3.05) is 13.4 Å². The summed E-state index contributed by atoms with van der Waals surface area (Å²) in [5, 5.41) is 8.67. The summed E-state index contributed by atoms with van der Waals surface area (Å²) >= 11 is 1.51. The summed E-state index contributed by atoms with van der Waals surface area (Å²) in [6, 6.07) is 3.81. The Hall–Kier alpha value is -1.21. The minimum Gasteiger partial charge on any atom is -0.481 e. The van der Waals surface area contributed by atoms with Crippen molar-refractivity contribution >= 4 is 11.8 Å². The summed E-state index contributed by atoms with van der Waals surface area (Å²) in [6.07, 6.45) is 3.43. The van der Waals surface area contributed by atoms with Crippen LogP contribution >= 0.6 is 11.8 Å². The van der Waals surface area contributed by atoms with Crippen LogP contribution in [0.3, 0.4) is 0 Å². The zero-order valence-corrected chi connectivity index (χ0v) is 7.68. The molecule has 1 heterocycles. The van der Waals surface area contributed by atoms with Gasteiger partial charge in [0.1, 0.15) is 6.07 Å². The van der Waals surface area contributed by atoms with Gasteiger partial charge < -0.3 is 4.74 Å². The van der Waals surface area contributed by atoms with Crippen molar-refractivity contribution in [2.45, 2.75) is 4.90 Å². The molecule has 0 aliphatic heterocycles. The highest BCUT2D eigenvalue weighted by molar-refractivity contribution is 7.98. The van der Waals surface area contributed by atoms with Crippen LogP contribution in [0.4, 0.5) is 0 Å². The van der Waals surface area contributed by atoms with Gasteiger partial charge in [0.2, 0.25) is 5.88 Å². The largest absolute Gasteiger partial charge is 0.481 e. The molecule has 0 saturated heterocycles. The lowest BCUT2D eigenvalue weighted by atomic mass is 10.3. The first-order valence-electron chi connectivity index (χ1n) is 3.30. The molecule has 0 aromatic carbocycles. The number of aromatic nitrogens is 1. The second kappa shape index (κ2) is 3.98. The van der Waals surface area contributed by atoms with E-state index in [0.717, 1.165) is 4.90 Å². The van der Waals surface area contributed by atoms with Gasteiger partial charge in [-0.1, -0.05) is 0 Å². The summed E-state index contributed by atoms with van der Waals surface area (Å²) < 4.78 is 4.92. The molecule has 0 radical (unpaired) electrons.